The second-order valence-corrected chi connectivity index (χ2v) is 6.61. The van der Waals surface area contributed by atoms with Gasteiger partial charge in [-0.25, -0.2) is 14.4 Å². The van der Waals surface area contributed by atoms with Crippen molar-refractivity contribution in [2.75, 3.05) is 18.8 Å². The Morgan fingerprint density at radius 1 is 1.04 bits per heavy atom. The van der Waals surface area contributed by atoms with E-state index in [2.05, 4.69) is 15.3 Å². The third kappa shape index (κ3) is 3.90. The number of para-hydroxylation sites is 1. The summed E-state index contributed by atoms with van der Waals surface area (Å²) in [5.41, 5.74) is 8.18. The van der Waals surface area contributed by atoms with E-state index in [0.717, 1.165) is 42.8 Å². The molecule has 1 atom stereocenters. The van der Waals surface area contributed by atoms with Crippen molar-refractivity contribution >= 4 is 5.95 Å². The van der Waals surface area contributed by atoms with Gasteiger partial charge in [0.2, 0.25) is 5.95 Å². The number of nitrogens with zero attached hydrogens (tertiary/aromatic N) is 2. The van der Waals surface area contributed by atoms with Gasteiger partial charge in [0.1, 0.15) is 17.7 Å². The van der Waals surface area contributed by atoms with E-state index in [1.165, 1.54) is 18.5 Å². The average molecular weight is 364 g/mol. The van der Waals surface area contributed by atoms with Gasteiger partial charge >= 0.3 is 0 Å². The number of nitrogens with two attached hydrogens (primary N) is 1. The molecule has 0 bridgehead atoms. The summed E-state index contributed by atoms with van der Waals surface area (Å²) in [4.78, 5) is 7.86. The van der Waals surface area contributed by atoms with Crippen molar-refractivity contribution in [1.29, 1.82) is 0 Å². The lowest BCUT2D eigenvalue weighted by Gasteiger charge is -2.25. The molecule has 0 amide bonds. The molecule has 0 saturated carbocycles. The second kappa shape index (κ2) is 7.72. The Hall–Kier alpha value is -2.99. The molecule has 138 valence electrons. The molecule has 27 heavy (non-hydrogen) atoms. The van der Waals surface area contributed by atoms with Crippen molar-refractivity contribution in [3.63, 3.8) is 0 Å². The number of hydrogen-bond donors (Lipinski definition) is 2. The van der Waals surface area contributed by atoms with Gasteiger partial charge in [-0.3, -0.25) is 0 Å². The first-order valence-corrected chi connectivity index (χ1v) is 9.05. The van der Waals surface area contributed by atoms with Crippen LogP contribution in [0.1, 0.15) is 12.8 Å². The third-order valence-electron chi connectivity index (χ3n) is 4.70. The van der Waals surface area contributed by atoms with Crippen molar-refractivity contribution in [2.24, 2.45) is 0 Å². The van der Waals surface area contributed by atoms with E-state index in [1.807, 2.05) is 30.3 Å². The highest BCUT2D eigenvalue weighted by Gasteiger charge is 2.17. The monoisotopic (exact) mass is 364 g/mol. The Labute approximate surface area is 157 Å². The number of rotatable bonds is 4. The van der Waals surface area contributed by atoms with Gasteiger partial charge in [-0.05, 0) is 37.1 Å². The van der Waals surface area contributed by atoms with Gasteiger partial charge in [-0.1, -0.05) is 30.3 Å². The highest BCUT2D eigenvalue weighted by Crippen LogP contribution is 2.34. The predicted octanol–water partition coefficient (Wildman–Crippen LogP) is 3.66. The van der Waals surface area contributed by atoms with Crippen LogP contribution in [0.25, 0.3) is 22.3 Å². The summed E-state index contributed by atoms with van der Waals surface area (Å²) in [6, 6.07) is 12.9. The number of halogens is 1. The van der Waals surface area contributed by atoms with Gasteiger partial charge in [0.05, 0.1) is 0 Å². The lowest BCUT2D eigenvalue weighted by molar-refractivity contribution is 0.168. The van der Waals surface area contributed by atoms with Crippen molar-refractivity contribution in [3.8, 4) is 28.0 Å². The van der Waals surface area contributed by atoms with E-state index in [-0.39, 0.29) is 17.9 Å². The Morgan fingerprint density at radius 3 is 2.59 bits per heavy atom. The van der Waals surface area contributed by atoms with Crippen LogP contribution in [0.4, 0.5) is 10.3 Å². The summed E-state index contributed by atoms with van der Waals surface area (Å²) in [7, 11) is 0. The van der Waals surface area contributed by atoms with Gasteiger partial charge in [0.15, 0.2) is 0 Å². The number of piperidine rings is 1. The van der Waals surface area contributed by atoms with E-state index in [1.54, 1.807) is 6.07 Å². The quantitative estimate of drug-likeness (QED) is 0.739. The fraction of sp³-hybridized carbons (Fsp3) is 0.238. The van der Waals surface area contributed by atoms with Crippen molar-refractivity contribution < 1.29 is 9.13 Å². The Morgan fingerprint density at radius 2 is 1.85 bits per heavy atom. The molecule has 1 aliphatic rings. The zero-order chi connectivity index (χ0) is 18.6. The number of benzene rings is 2. The van der Waals surface area contributed by atoms with Crippen molar-refractivity contribution in [1.82, 2.24) is 15.3 Å². The van der Waals surface area contributed by atoms with Crippen LogP contribution >= 0.6 is 0 Å². The zero-order valence-corrected chi connectivity index (χ0v) is 14.9. The maximum absolute atomic E-state index is 14.8. The average Bonchev–Trinajstić information content (AvgIpc) is 2.70. The van der Waals surface area contributed by atoms with Crippen molar-refractivity contribution in [3.05, 3.63) is 60.7 Å². The van der Waals surface area contributed by atoms with E-state index in [0.29, 0.717) is 11.1 Å². The molecule has 3 aromatic rings. The molecule has 1 saturated heterocycles. The predicted molar refractivity (Wildman–Crippen MR) is 104 cm³/mol. The molecule has 0 spiro atoms. The SMILES string of the molecule is Nc1ncc(-c2ccc(-c3ccccc3OC3CCCNC3)cc2F)cn1. The van der Waals surface area contributed by atoms with Crippen LogP contribution in [0.3, 0.4) is 0 Å². The van der Waals surface area contributed by atoms with E-state index >= 15 is 0 Å². The highest BCUT2D eigenvalue weighted by atomic mass is 19.1. The first kappa shape index (κ1) is 17.4. The zero-order valence-electron chi connectivity index (χ0n) is 14.9. The molecule has 1 aliphatic heterocycles. The second-order valence-electron chi connectivity index (χ2n) is 6.61. The minimum Gasteiger partial charge on any atom is -0.488 e. The molecule has 2 aromatic carbocycles. The fourth-order valence-electron chi connectivity index (χ4n) is 3.30. The van der Waals surface area contributed by atoms with Crippen LogP contribution in [0.2, 0.25) is 0 Å². The Balaban J connectivity index is 1.64. The van der Waals surface area contributed by atoms with Gasteiger partial charge in [0, 0.05) is 35.6 Å². The number of nitrogens with one attached hydrogen (secondary N) is 1. The normalized spacial score (nSPS) is 16.9. The van der Waals surface area contributed by atoms with Crippen LogP contribution < -0.4 is 15.8 Å². The minimum absolute atomic E-state index is 0.135. The fourth-order valence-corrected chi connectivity index (χ4v) is 3.30. The lowest BCUT2D eigenvalue weighted by Crippen LogP contribution is -2.37. The van der Waals surface area contributed by atoms with Crippen LogP contribution in [0.5, 0.6) is 5.75 Å². The van der Waals surface area contributed by atoms with Gasteiger partial charge in [0.25, 0.3) is 0 Å². The summed E-state index contributed by atoms with van der Waals surface area (Å²) in [5, 5.41) is 3.35. The molecule has 4 rings (SSSR count). The molecular formula is C21H21FN4O. The molecule has 6 heteroatoms. The van der Waals surface area contributed by atoms with Gasteiger partial charge in [-0.2, -0.15) is 0 Å². The van der Waals surface area contributed by atoms with Gasteiger partial charge < -0.3 is 15.8 Å². The highest BCUT2D eigenvalue weighted by molar-refractivity contribution is 5.74. The number of anilines is 1. The minimum atomic E-state index is -0.338. The van der Waals surface area contributed by atoms with Crippen molar-refractivity contribution in [2.45, 2.75) is 18.9 Å². The number of nitrogen functional groups attached to an aromatic ring is 1. The van der Waals surface area contributed by atoms with Crippen LogP contribution in [-0.2, 0) is 0 Å². The summed E-state index contributed by atoms with van der Waals surface area (Å²) in [6.45, 7) is 1.86. The van der Waals surface area contributed by atoms with E-state index in [9.17, 15) is 4.39 Å². The molecule has 5 nitrogen and oxygen atoms in total. The first-order valence-electron chi connectivity index (χ1n) is 9.05. The third-order valence-corrected chi connectivity index (χ3v) is 4.70. The summed E-state index contributed by atoms with van der Waals surface area (Å²) in [5.74, 6) is 0.600. The van der Waals surface area contributed by atoms with Crippen LogP contribution in [0, 0.1) is 5.82 Å². The Bertz CT molecular complexity index is 924. The molecule has 1 unspecified atom stereocenters. The summed E-state index contributed by atoms with van der Waals surface area (Å²) < 4.78 is 21.0. The smallest absolute Gasteiger partial charge is 0.219 e. The number of aromatic nitrogens is 2. The maximum atomic E-state index is 14.8. The summed E-state index contributed by atoms with van der Waals surface area (Å²) in [6.07, 6.45) is 5.29. The lowest BCUT2D eigenvalue weighted by atomic mass is 10.00. The standard InChI is InChI=1S/C21H21FN4O/c22-19-10-14(7-8-17(19)15-11-25-21(23)26-12-15)18-5-1-2-6-20(18)27-16-4-3-9-24-13-16/h1-2,5-8,10-12,16,24H,3-4,9,13H2,(H2,23,25,26). The summed E-state index contributed by atoms with van der Waals surface area (Å²) >= 11 is 0. The van der Waals surface area contributed by atoms with E-state index < -0.39 is 0 Å². The number of ether oxygens (including phenoxy) is 1. The molecule has 2 heterocycles. The number of hydrogen-bond acceptors (Lipinski definition) is 5. The van der Waals surface area contributed by atoms with E-state index in [4.69, 9.17) is 10.5 Å². The molecule has 0 radical (unpaired) electrons. The molecule has 3 N–H and O–H groups in total. The molecule has 1 fully saturated rings. The Kier molecular flexibility index (Phi) is 4.98. The van der Waals surface area contributed by atoms with Crippen LogP contribution in [0.15, 0.2) is 54.9 Å². The topological polar surface area (TPSA) is 73.1 Å². The molecule has 0 aliphatic carbocycles. The van der Waals surface area contributed by atoms with Gasteiger partial charge in [-0.15, -0.1) is 0 Å². The maximum Gasteiger partial charge on any atom is 0.219 e. The first-order chi connectivity index (χ1) is 13.2. The largest absolute Gasteiger partial charge is 0.488 e. The molecular weight excluding hydrogens is 343 g/mol. The van der Waals surface area contributed by atoms with Crippen LogP contribution in [-0.4, -0.2) is 29.2 Å². The molecule has 1 aromatic heterocycles.